The van der Waals surface area contributed by atoms with Crippen molar-refractivity contribution in [3.05, 3.63) is 87.3 Å². The van der Waals surface area contributed by atoms with Crippen LogP contribution in [0.2, 0.25) is 0 Å². The fourth-order valence-corrected chi connectivity index (χ4v) is 9.55. The van der Waals surface area contributed by atoms with Crippen molar-refractivity contribution in [3.8, 4) is 11.3 Å². The van der Waals surface area contributed by atoms with E-state index in [1.165, 1.54) is 68.0 Å². The van der Waals surface area contributed by atoms with Crippen LogP contribution < -0.4 is 4.90 Å². The fourth-order valence-electron chi connectivity index (χ4n) is 5.14. The number of aliphatic imine (C=N–C) groups is 1. The van der Waals surface area contributed by atoms with Gasteiger partial charge in [0.25, 0.3) is 0 Å². The Kier molecular flexibility index (Phi) is 8.00. The molecule has 3 aromatic rings. The van der Waals surface area contributed by atoms with Crippen molar-refractivity contribution < 1.29 is 4.58 Å². The number of hydrogen-bond donors (Lipinski definition) is 0. The number of amidine groups is 1. The van der Waals surface area contributed by atoms with Gasteiger partial charge in [0.05, 0.1) is 0 Å². The molecule has 0 amide bonds. The van der Waals surface area contributed by atoms with Crippen LogP contribution in [0.15, 0.2) is 82.3 Å². The summed E-state index contributed by atoms with van der Waals surface area (Å²) in [5.74, 6) is 0. The molecule has 37 heavy (non-hydrogen) atoms. The second-order valence-electron chi connectivity index (χ2n) is 9.77. The molecule has 0 N–H and O–H groups in total. The molecule has 3 aliphatic rings. The van der Waals surface area contributed by atoms with E-state index in [4.69, 9.17) is 9.98 Å². The van der Waals surface area contributed by atoms with E-state index in [-0.39, 0.29) is 29.5 Å². The number of rotatable bonds is 5. The molecule has 1 aromatic heterocycles. The molecule has 0 saturated carbocycles. The monoisotopic (exact) mass is 621 g/mol. The molecule has 0 unspecified atom stereocenters. The molecule has 6 heteroatoms. The summed E-state index contributed by atoms with van der Waals surface area (Å²) in [5.41, 5.74) is 4.76. The average molecular weight is 620 g/mol. The van der Waals surface area contributed by atoms with Crippen molar-refractivity contribution in [3.63, 3.8) is 0 Å². The molecule has 4 nitrogen and oxygen atoms in total. The zero-order chi connectivity index (χ0) is 24.9. The van der Waals surface area contributed by atoms with E-state index in [9.17, 15) is 0 Å². The molecule has 2 fully saturated rings. The molecule has 0 atom stereocenters. The zero-order valence-corrected chi connectivity index (χ0v) is 24.6. The second-order valence-corrected chi connectivity index (χ2v) is 14.0. The molecule has 6 rings (SSSR count). The van der Waals surface area contributed by atoms with Gasteiger partial charge in [-0.1, -0.05) is 0 Å². The Morgan fingerprint density at radius 2 is 1.46 bits per heavy atom. The third-order valence-corrected chi connectivity index (χ3v) is 11.7. The van der Waals surface area contributed by atoms with E-state index in [1.807, 2.05) is 0 Å². The van der Waals surface area contributed by atoms with E-state index in [0.717, 1.165) is 37.6 Å². The van der Waals surface area contributed by atoms with Crippen molar-refractivity contribution in [2.24, 2.45) is 4.99 Å². The van der Waals surface area contributed by atoms with Crippen LogP contribution in [0, 0.1) is 0 Å². The van der Waals surface area contributed by atoms with Gasteiger partial charge in [-0.05, 0) is 0 Å². The predicted molar refractivity (Wildman–Crippen MR) is 157 cm³/mol. The van der Waals surface area contributed by atoms with E-state index in [1.54, 1.807) is 0 Å². The topological polar surface area (TPSA) is 31.5 Å². The first-order valence-corrected chi connectivity index (χ1v) is 16.9. The van der Waals surface area contributed by atoms with Gasteiger partial charge < -0.3 is 0 Å². The Morgan fingerprint density at radius 1 is 0.784 bits per heavy atom. The molecule has 3 aliphatic heterocycles. The minimum atomic E-state index is 0.236. The first kappa shape index (κ1) is 24.8. The summed E-state index contributed by atoms with van der Waals surface area (Å²) in [6.45, 7) is 4.60. The molecule has 0 aliphatic carbocycles. The SMILES string of the molecule is C(=C\c1[se]c(N2CCCCC2)nc1-c1ccccc1)/C=C1/[Se]C(=[N+]2CCCCC2)N=C1c1ccccc1. The summed E-state index contributed by atoms with van der Waals surface area (Å²) in [5, 5.41) is 0. The van der Waals surface area contributed by atoms with E-state index >= 15 is 0 Å². The Bertz CT molecular complexity index is 1340. The summed E-state index contributed by atoms with van der Waals surface area (Å²) in [4.78, 5) is 12.9. The van der Waals surface area contributed by atoms with E-state index in [2.05, 4.69) is 88.4 Å². The maximum absolute atomic E-state index is 5.20. The van der Waals surface area contributed by atoms with Gasteiger partial charge in [-0.15, -0.1) is 0 Å². The number of hydrogen-bond acceptors (Lipinski definition) is 2. The molecular formula is C31H33N4Se2+. The van der Waals surface area contributed by atoms with Crippen molar-refractivity contribution in [1.29, 1.82) is 0 Å². The van der Waals surface area contributed by atoms with Crippen molar-refractivity contribution >= 4 is 50.7 Å². The number of nitrogens with zero attached hydrogens (tertiary/aromatic N) is 4. The minimum absolute atomic E-state index is 0.236. The number of aromatic nitrogens is 1. The van der Waals surface area contributed by atoms with Gasteiger partial charge in [-0.2, -0.15) is 0 Å². The van der Waals surface area contributed by atoms with Crippen LogP contribution in [0.1, 0.15) is 48.5 Å². The molecule has 2 saturated heterocycles. The average Bonchev–Trinajstić information content (AvgIpc) is 3.60. The Labute approximate surface area is 232 Å². The third-order valence-electron chi connectivity index (χ3n) is 7.13. The molecule has 0 spiro atoms. The van der Waals surface area contributed by atoms with Gasteiger partial charge in [0.2, 0.25) is 0 Å². The van der Waals surface area contributed by atoms with Crippen LogP contribution in [0.3, 0.4) is 0 Å². The second kappa shape index (κ2) is 11.9. The normalized spacial score (nSPS) is 19.7. The molecule has 4 heterocycles. The molecule has 0 radical (unpaired) electrons. The Morgan fingerprint density at radius 3 is 2.19 bits per heavy atom. The van der Waals surface area contributed by atoms with Crippen LogP contribution in [-0.4, -0.2) is 75.6 Å². The number of benzene rings is 2. The summed E-state index contributed by atoms with van der Waals surface area (Å²) in [6.07, 6.45) is 14.8. The fraction of sp³-hybridized carbons (Fsp3) is 0.323. The number of allylic oxidation sites excluding steroid dienone is 3. The molecule has 188 valence electrons. The molecule has 2 aromatic carbocycles. The van der Waals surface area contributed by atoms with Crippen LogP contribution in [0.4, 0.5) is 4.69 Å². The van der Waals surface area contributed by atoms with Gasteiger partial charge in [0, 0.05) is 0 Å². The van der Waals surface area contributed by atoms with Crippen LogP contribution >= 0.6 is 0 Å². The van der Waals surface area contributed by atoms with Crippen LogP contribution in [0.5, 0.6) is 0 Å². The van der Waals surface area contributed by atoms with Crippen molar-refractivity contribution in [2.45, 2.75) is 38.5 Å². The first-order valence-electron chi connectivity index (χ1n) is 13.5. The van der Waals surface area contributed by atoms with Gasteiger partial charge in [0.1, 0.15) is 0 Å². The van der Waals surface area contributed by atoms with E-state index < -0.39 is 0 Å². The van der Waals surface area contributed by atoms with Crippen LogP contribution in [0.25, 0.3) is 17.3 Å². The van der Waals surface area contributed by atoms with Crippen molar-refractivity contribution in [2.75, 3.05) is 31.1 Å². The van der Waals surface area contributed by atoms with Gasteiger partial charge in [0.15, 0.2) is 0 Å². The number of piperidine rings is 2. The Hall–Kier alpha value is -2.49. The quantitative estimate of drug-likeness (QED) is 0.281. The van der Waals surface area contributed by atoms with Gasteiger partial charge >= 0.3 is 233 Å². The predicted octanol–water partition coefficient (Wildman–Crippen LogP) is 5.45. The standard InChI is InChI=1S/C31H33N4Se2/c1-5-14-24(15-6-1)28-26(36-30(32-28)34-20-9-3-10-21-34)18-13-19-27-29(25-16-7-2-8-17-25)33-31(37-27)35-22-11-4-12-23-35/h1-2,5-8,13-19H,3-4,9-12,20-23H2/q+1. The molecule has 0 bridgehead atoms. The van der Waals surface area contributed by atoms with Gasteiger partial charge in [-0.25, -0.2) is 0 Å². The summed E-state index contributed by atoms with van der Waals surface area (Å²) < 4.78 is 7.89. The van der Waals surface area contributed by atoms with Crippen LogP contribution in [-0.2, 0) is 0 Å². The maximum atomic E-state index is 5.20. The summed E-state index contributed by atoms with van der Waals surface area (Å²) in [6, 6.07) is 21.4. The van der Waals surface area contributed by atoms with E-state index in [0.29, 0.717) is 0 Å². The van der Waals surface area contributed by atoms with Crippen molar-refractivity contribution in [1.82, 2.24) is 4.98 Å². The number of anilines is 1. The Balaban J connectivity index is 1.33. The van der Waals surface area contributed by atoms with Gasteiger partial charge in [-0.3, -0.25) is 0 Å². The summed E-state index contributed by atoms with van der Waals surface area (Å²) in [7, 11) is 0. The first-order chi connectivity index (χ1) is 18.3. The molecular weight excluding hydrogens is 586 g/mol. The third kappa shape index (κ3) is 5.83. The zero-order valence-electron chi connectivity index (χ0n) is 21.2. The summed E-state index contributed by atoms with van der Waals surface area (Å²) >= 11 is 0.472.